The molecule has 0 aliphatic heterocycles. The van der Waals surface area contributed by atoms with E-state index in [-0.39, 0.29) is 0 Å². The molecule has 0 aliphatic rings. The number of halogens is 1. The Bertz CT molecular complexity index is 321. The summed E-state index contributed by atoms with van der Waals surface area (Å²) in [5, 5.41) is 0.855. The molecule has 0 bridgehead atoms. The highest BCUT2D eigenvalue weighted by atomic mass is 79.9. The first-order valence-corrected chi connectivity index (χ1v) is 7.04. The summed E-state index contributed by atoms with van der Waals surface area (Å²) >= 11 is 3.49. The van der Waals surface area contributed by atoms with Gasteiger partial charge >= 0.3 is 0 Å². The number of ether oxygens (including phenoxy) is 1. The summed E-state index contributed by atoms with van der Waals surface area (Å²) in [5.41, 5.74) is 2.46. The summed E-state index contributed by atoms with van der Waals surface area (Å²) in [4.78, 5) is 0. The molecular formula is C14H21BrO. The van der Waals surface area contributed by atoms with E-state index in [1.54, 1.807) is 0 Å². The van der Waals surface area contributed by atoms with Crippen LogP contribution in [0.15, 0.2) is 18.2 Å². The lowest BCUT2D eigenvalue weighted by molar-refractivity contribution is 0.294. The SMILES string of the molecule is Cc1cccc(CBr)c1OCCCC(C)C. The first kappa shape index (κ1) is 13.6. The van der Waals surface area contributed by atoms with Gasteiger partial charge in [0.05, 0.1) is 6.61 Å². The Morgan fingerprint density at radius 2 is 2.06 bits per heavy atom. The summed E-state index contributed by atoms with van der Waals surface area (Å²) in [7, 11) is 0. The van der Waals surface area contributed by atoms with Crippen molar-refractivity contribution in [2.75, 3.05) is 6.61 Å². The van der Waals surface area contributed by atoms with Gasteiger partial charge in [-0.3, -0.25) is 0 Å². The third-order valence-electron chi connectivity index (χ3n) is 2.61. The second-order valence-electron chi connectivity index (χ2n) is 4.58. The van der Waals surface area contributed by atoms with E-state index in [0.29, 0.717) is 0 Å². The van der Waals surface area contributed by atoms with Crippen molar-refractivity contribution in [2.45, 2.75) is 38.9 Å². The Hall–Kier alpha value is -0.500. The zero-order valence-corrected chi connectivity index (χ0v) is 12.0. The molecule has 1 aromatic carbocycles. The number of aryl methyl sites for hydroxylation is 1. The summed E-state index contributed by atoms with van der Waals surface area (Å²) in [6.45, 7) is 7.42. The fourth-order valence-electron chi connectivity index (χ4n) is 1.69. The highest BCUT2D eigenvalue weighted by Crippen LogP contribution is 2.25. The zero-order chi connectivity index (χ0) is 12.0. The Balaban J connectivity index is 2.52. The van der Waals surface area contributed by atoms with Crippen molar-refractivity contribution in [3.63, 3.8) is 0 Å². The number of alkyl halides is 1. The van der Waals surface area contributed by atoms with E-state index in [9.17, 15) is 0 Å². The largest absolute Gasteiger partial charge is 0.493 e. The molecule has 1 rings (SSSR count). The predicted molar refractivity (Wildman–Crippen MR) is 73.4 cm³/mol. The topological polar surface area (TPSA) is 9.23 Å². The first-order valence-electron chi connectivity index (χ1n) is 5.92. The third kappa shape index (κ3) is 4.17. The Kier molecular flexibility index (Phi) is 5.89. The van der Waals surface area contributed by atoms with Gasteiger partial charge in [-0.05, 0) is 31.2 Å². The van der Waals surface area contributed by atoms with Gasteiger partial charge in [-0.15, -0.1) is 0 Å². The van der Waals surface area contributed by atoms with Gasteiger partial charge in [-0.2, -0.15) is 0 Å². The molecule has 0 spiro atoms. The van der Waals surface area contributed by atoms with Crippen molar-refractivity contribution in [3.05, 3.63) is 29.3 Å². The minimum Gasteiger partial charge on any atom is -0.493 e. The summed E-state index contributed by atoms with van der Waals surface area (Å²) in [5.74, 6) is 1.82. The summed E-state index contributed by atoms with van der Waals surface area (Å²) < 4.78 is 5.88. The van der Waals surface area contributed by atoms with Gasteiger partial charge in [0.15, 0.2) is 0 Å². The average Bonchev–Trinajstić information content (AvgIpc) is 2.25. The van der Waals surface area contributed by atoms with Crippen LogP contribution >= 0.6 is 15.9 Å². The molecule has 0 fully saturated rings. The van der Waals surface area contributed by atoms with Crippen LogP contribution in [-0.4, -0.2) is 6.61 Å². The molecule has 16 heavy (non-hydrogen) atoms. The van der Waals surface area contributed by atoms with Crippen LogP contribution in [0.3, 0.4) is 0 Å². The Morgan fingerprint density at radius 1 is 1.31 bits per heavy atom. The van der Waals surface area contributed by atoms with Crippen LogP contribution in [0.5, 0.6) is 5.75 Å². The average molecular weight is 285 g/mol. The van der Waals surface area contributed by atoms with E-state index in [2.05, 4.69) is 54.9 Å². The van der Waals surface area contributed by atoms with Crippen molar-refractivity contribution < 1.29 is 4.74 Å². The van der Waals surface area contributed by atoms with Crippen molar-refractivity contribution in [1.82, 2.24) is 0 Å². The van der Waals surface area contributed by atoms with Crippen molar-refractivity contribution in [2.24, 2.45) is 5.92 Å². The maximum atomic E-state index is 5.88. The van der Waals surface area contributed by atoms with E-state index in [1.165, 1.54) is 17.5 Å². The summed E-state index contributed by atoms with van der Waals surface area (Å²) in [6.07, 6.45) is 2.36. The van der Waals surface area contributed by atoms with E-state index in [4.69, 9.17) is 4.74 Å². The molecule has 2 heteroatoms. The van der Waals surface area contributed by atoms with Crippen LogP contribution in [0.2, 0.25) is 0 Å². The predicted octanol–water partition coefficient (Wildman–Crippen LogP) is 4.70. The lowest BCUT2D eigenvalue weighted by Gasteiger charge is -2.13. The fraction of sp³-hybridized carbons (Fsp3) is 0.571. The third-order valence-corrected chi connectivity index (χ3v) is 3.21. The molecule has 0 saturated carbocycles. The van der Waals surface area contributed by atoms with Gasteiger partial charge < -0.3 is 4.74 Å². The smallest absolute Gasteiger partial charge is 0.126 e. The maximum Gasteiger partial charge on any atom is 0.126 e. The quantitative estimate of drug-likeness (QED) is 0.543. The molecule has 0 radical (unpaired) electrons. The Morgan fingerprint density at radius 3 is 2.69 bits per heavy atom. The van der Waals surface area contributed by atoms with Gasteiger partial charge in [0.2, 0.25) is 0 Å². The molecular weight excluding hydrogens is 264 g/mol. The lowest BCUT2D eigenvalue weighted by atomic mass is 10.1. The molecule has 0 aromatic heterocycles. The van der Waals surface area contributed by atoms with Gasteiger partial charge in [-0.25, -0.2) is 0 Å². The van der Waals surface area contributed by atoms with Gasteiger partial charge in [0.1, 0.15) is 5.75 Å². The molecule has 1 aromatic rings. The van der Waals surface area contributed by atoms with E-state index >= 15 is 0 Å². The lowest BCUT2D eigenvalue weighted by Crippen LogP contribution is -2.02. The van der Waals surface area contributed by atoms with Crippen molar-refractivity contribution in [3.8, 4) is 5.75 Å². The van der Waals surface area contributed by atoms with Gasteiger partial charge in [-0.1, -0.05) is 48.0 Å². The van der Waals surface area contributed by atoms with Crippen molar-refractivity contribution in [1.29, 1.82) is 0 Å². The normalized spacial score (nSPS) is 10.8. The zero-order valence-electron chi connectivity index (χ0n) is 10.4. The van der Waals surface area contributed by atoms with Crippen LogP contribution in [0, 0.1) is 12.8 Å². The number of benzene rings is 1. The first-order chi connectivity index (χ1) is 7.65. The number of rotatable bonds is 6. The number of para-hydroxylation sites is 1. The monoisotopic (exact) mass is 284 g/mol. The summed E-state index contributed by atoms with van der Waals surface area (Å²) in [6, 6.07) is 6.29. The van der Waals surface area contributed by atoms with E-state index in [0.717, 1.165) is 30.0 Å². The van der Waals surface area contributed by atoms with Crippen LogP contribution in [0.25, 0.3) is 0 Å². The molecule has 0 unspecified atom stereocenters. The maximum absolute atomic E-state index is 5.88. The van der Waals surface area contributed by atoms with Crippen molar-refractivity contribution >= 4 is 15.9 Å². The van der Waals surface area contributed by atoms with Gasteiger partial charge in [0.25, 0.3) is 0 Å². The molecule has 90 valence electrons. The second-order valence-corrected chi connectivity index (χ2v) is 5.14. The number of hydrogen-bond acceptors (Lipinski definition) is 1. The minimum atomic E-state index is 0.760. The Labute approximate surface area is 107 Å². The van der Waals surface area contributed by atoms with Crippen LogP contribution < -0.4 is 4.74 Å². The molecule has 0 aliphatic carbocycles. The number of hydrogen-bond donors (Lipinski definition) is 0. The minimum absolute atomic E-state index is 0.760. The molecule has 0 heterocycles. The molecule has 0 N–H and O–H groups in total. The standard InChI is InChI=1S/C14H21BrO/c1-11(2)6-5-9-16-14-12(3)7-4-8-13(14)10-15/h4,7-8,11H,5-6,9-10H2,1-3H3. The molecule has 0 amide bonds. The van der Waals surface area contributed by atoms with Crippen LogP contribution in [0.1, 0.15) is 37.8 Å². The fourth-order valence-corrected chi connectivity index (χ4v) is 2.13. The van der Waals surface area contributed by atoms with Crippen LogP contribution in [-0.2, 0) is 5.33 Å². The van der Waals surface area contributed by atoms with E-state index in [1.807, 2.05) is 0 Å². The molecule has 0 atom stereocenters. The highest BCUT2D eigenvalue weighted by molar-refractivity contribution is 9.08. The molecule has 1 nitrogen and oxygen atoms in total. The highest BCUT2D eigenvalue weighted by Gasteiger charge is 2.05. The molecule has 0 saturated heterocycles. The van der Waals surface area contributed by atoms with Gasteiger partial charge in [0, 0.05) is 10.9 Å². The second kappa shape index (κ2) is 6.95. The van der Waals surface area contributed by atoms with E-state index < -0.39 is 0 Å². The van der Waals surface area contributed by atoms with Crippen LogP contribution in [0.4, 0.5) is 0 Å².